The van der Waals surface area contributed by atoms with E-state index in [4.69, 9.17) is 9.47 Å². The fraction of sp³-hybridized carbons (Fsp3) is 0.550. The Balaban J connectivity index is 1.77. The van der Waals surface area contributed by atoms with Gasteiger partial charge in [-0.15, -0.1) is 0 Å². The van der Waals surface area contributed by atoms with Crippen LogP contribution in [0.3, 0.4) is 0 Å². The van der Waals surface area contributed by atoms with Crippen molar-refractivity contribution in [1.29, 1.82) is 0 Å². The first-order valence-corrected chi connectivity index (χ1v) is 9.10. The molecule has 0 aliphatic carbocycles. The highest BCUT2D eigenvalue weighted by molar-refractivity contribution is 5.38. The van der Waals surface area contributed by atoms with E-state index in [0.29, 0.717) is 18.6 Å². The molecule has 0 amide bonds. The van der Waals surface area contributed by atoms with Crippen LogP contribution in [-0.4, -0.2) is 54.8 Å². The predicted molar refractivity (Wildman–Crippen MR) is 102 cm³/mol. The number of benzene rings is 1. The van der Waals surface area contributed by atoms with Gasteiger partial charge in [0.1, 0.15) is 5.75 Å². The minimum Gasteiger partial charge on any atom is -0.496 e. The van der Waals surface area contributed by atoms with Crippen molar-refractivity contribution in [2.24, 2.45) is 7.05 Å². The average molecular weight is 358 g/mol. The summed E-state index contributed by atoms with van der Waals surface area (Å²) in [5, 5.41) is 3.83. The molecule has 6 heteroatoms. The van der Waals surface area contributed by atoms with Crippen LogP contribution < -0.4 is 10.1 Å². The van der Waals surface area contributed by atoms with Gasteiger partial charge in [0.05, 0.1) is 20.0 Å². The van der Waals surface area contributed by atoms with Crippen LogP contribution in [0.1, 0.15) is 35.7 Å². The largest absolute Gasteiger partial charge is 0.496 e. The van der Waals surface area contributed by atoms with E-state index < -0.39 is 0 Å². The zero-order chi connectivity index (χ0) is 18.7. The third-order valence-electron chi connectivity index (χ3n) is 5.30. The minimum atomic E-state index is 0.240. The number of imidazole rings is 1. The van der Waals surface area contributed by atoms with Gasteiger partial charge in [0.15, 0.2) is 0 Å². The summed E-state index contributed by atoms with van der Waals surface area (Å²) >= 11 is 0. The second-order valence-electron chi connectivity index (χ2n) is 7.26. The third kappa shape index (κ3) is 3.92. The summed E-state index contributed by atoms with van der Waals surface area (Å²) in [4.78, 5) is 6.68. The van der Waals surface area contributed by atoms with Crippen molar-refractivity contribution in [3.05, 3.63) is 47.5 Å². The Labute approximate surface area is 156 Å². The summed E-state index contributed by atoms with van der Waals surface area (Å²) in [6.45, 7) is 4.84. The molecule has 142 valence electrons. The van der Waals surface area contributed by atoms with Gasteiger partial charge in [0, 0.05) is 62.7 Å². The van der Waals surface area contributed by atoms with Gasteiger partial charge in [-0.25, -0.2) is 4.98 Å². The van der Waals surface area contributed by atoms with Crippen LogP contribution in [0, 0.1) is 0 Å². The molecule has 3 rings (SSSR count). The van der Waals surface area contributed by atoms with Crippen molar-refractivity contribution in [3.8, 4) is 5.75 Å². The third-order valence-corrected chi connectivity index (χ3v) is 5.30. The lowest BCUT2D eigenvalue weighted by atomic mass is 9.97. The lowest BCUT2D eigenvalue weighted by molar-refractivity contribution is 0.181. The van der Waals surface area contributed by atoms with Gasteiger partial charge in [-0.3, -0.25) is 0 Å². The standard InChI is InChI=1S/C20H30N4O2/c1-14(15-6-7-20(26-5)16(8-15)12-25-4)22-18-11-23(2)10-17(18)19-9-21-13-24(19)3/h6-9,13-14,17-18,22H,10-12H2,1-5H3/t14?,17-,18-/m1/s1. The van der Waals surface area contributed by atoms with E-state index in [0.717, 1.165) is 24.4 Å². The predicted octanol–water partition coefficient (Wildman–Crippen LogP) is 2.32. The molecule has 0 saturated carbocycles. The van der Waals surface area contributed by atoms with E-state index in [1.807, 2.05) is 18.6 Å². The smallest absolute Gasteiger partial charge is 0.124 e. The van der Waals surface area contributed by atoms with Gasteiger partial charge in [-0.05, 0) is 31.7 Å². The van der Waals surface area contributed by atoms with E-state index in [2.05, 4.69) is 52.9 Å². The van der Waals surface area contributed by atoms with Crippen LogP contribution >= 0.6 is 0 Å². The number of nitrogens with zero attached hydrogens (tertiary/aromatic N) is 3. The number of likely N-dealkylation sites (N-methyl/N-ethyl adjacent to an activating group) is 1. The van der Waals surface area contributed by atoms with Crippen LogP contribution in [0.2, 0.25) is 0 Å². The van der Waals surface area contributed by atoms with Crippen molar-refractivity contribution in [3.63, 3.8) is 0 Å². The zero-order valence-corrected chi connectivity index (χ0v) is 16.4. The van der Waals surface area contributed by atoms with Crippen LogP contribution in [0.5, 0.6) is 5.75 Å². The molecular formula is C20H30N4O2. The molecule has 1 N–H and O–H groups in total. The normalized spacial score (nSPS) is 21.9. The van der Waals surface area contributed by atoms with Gasteiger partial charge in [0.2, 0.25) is 0 Å². The summed E-state index contributed by atoms with van der Waals surface area (Å²) in [6, 6.07) is 6.97. The quantitative estimate of drug-likeness (QED) is 0.823. The highest BCUT2D eigenvalue weighted by atomic mass is 16.5. The number of aryl methyl sites for hydroxylation is 1. The van der Waals surface area contributed by atoms with Crippen LogP contribution in [-0.2, 0) is 18.4 Å². The zero-order valence-electron chi connectivity index (χ0n) is 16.4. The lowest BCUT2D eigenvalue weighted by Gasteiger charge is -2.25. The first kappa shape index (κ1) is 18.9. The van der Waals surface area contributed by atoms with Crippen molar-refractivity contribution in [2.75, 3.05) is 34.4 Å². The molecular weight excluding hydrogens is 328 g/mol. The second kappa shape index (κ2) is 8.20. The first-order chi connectivity index (χ1) is 12.5. The molecule has 2 heterocycles. The molecule has 0 spiro atoms. The maximum absolute atomic E-state index is 5.44. The van der Waals surface area contributed by atoms with Crippen molar-refractivity contribution in [2.45, 2.75) is 31.5 Å². The molecule has 1 fully saturated rings. The van der Waals surface area contributed by atoms with Crippen LogP contribution in [0.15, 0.2) is 30.7 Å². The number of rotatable bonds is 7. The fourth-order valence-electron chi connectivity index (χ4n) is 3.95. The summed E-state index contributed by atoms with van der Waals surface area (Å²) in [5.41, 5.74) is 3.61. The number of likely N-dealkylation sites (tertiary alicyclic amines) is 1. The summed E-state index contributed by atoms with van der Waals surface area (Å²) in [5.74, 6) is 1.31. The van der Waals surface area contributed by atoms with Crippen molar-refractivity contribution < 1.29 is 9.47 Å². The Kier molecular flexibility index (Phi) is 5.96. The number of nitrogens with one attached hydrogen (secondary N) is 1. The topological polar surface area (TPSA) is 51.5 Å². The highest BCUT2D eigenvalue weighted by Crippen LogP contribution is 2.29. The van der Waals surface area contributed by atoms with Crippen molar-refractivity contribution >= 4 is 0 Å². The number of hydrogen-bond donors (Lipinski definition) is 1. The SMILES string of the molecule is COCc1cc(C(C)N[C@@H]2CN(C)C[C@H]2c2cncn2C)ccc1OC. The molecule has 1 saturated heterocycles. The van der Waals surface area contributed by atoms with E-state index in [1.165, 1.54) is 11.3 Å². The Bertz CT molecular complexity index is 730. The summed E-state index contributed by atoms with van der Waals surface area (Å²) in [7, 11) is 7.66. The van der Waals surface area contributed by atoms with Gasteiger partial charge >= 0.3 is 0 Å². The number of aromatic nitrogens is 2. The monoisotopic (exact) mass is 358 g/mol. The summed E-state index contributed by atoms with van der Waals surface area (Å²) in [6.07, 6.45) is 3.88. The molecule has 26 heavy (non-hydrogen) atoms. The molecule has 1 unspecified atom stereocenters. The van der Waals surface area contributed by atoms with Crippen LogP contribution in [0.25, 0.3) is 0 Å². The highest BCUT2D eigenvalue weighted by Gasteiger charge is 2.34. The minimum absolute atomic E-state index is 0.240. The molecule has 0 radical (unpaired) electrons. The van der Waals surface area contributed by atoms with Gasteiger partial charge in [0.25, 0.3) is 0 Å². The Hall–Kier alpha value is -1.89. The molecule has 6 nitrogen and oxygen atoms in total. The van der Waals surface area contributed by atoms with Gasteiger partial charge in [-0.1, -0.05) is 6.07 Å². The summed E-state index contributed by atoms with van der Waals surface area (Å²) < 4.78 is 12.9. The van der Waals surface area contributed by atoms with E-state index in [-0.39, 0.29) is 6.04 Å². The lowest BCUT2D eigenvalue weighted by Crippen LogP contribution is -2.37. The number of ether oxygens (including phenoxy) is 2. The van der Waals surface area contributed by atoms with E-state index in [9.17, 15) is 0 Å². The van der Waals surface area contributed by atoms with Crippen molar-refractivity contribution in [1.82, 2.24) is 19.8 Å². The maximum atomic E-state index is 5.44. The maximum Gasteiger partial charge on any atom is 0.124 e. The molecule has 1 aliphatic rings. The Morgan fingerprint density at radius 3 is 2.73 bits per heavy atom. The van der Waals surface area contributed by atoms with Gasteiger partial charge < -0.3 is 24.3 Å². The second-order valence-corrected chi connectivity index (χ2v) is 7.26. The molecule has 1 aliphatic heterocycles. The molecule has 2 aromatic rings. The Morgan fingerprint density at radius 1 is 1.27 bits per heavy atom. The first-order valence-electron chi connectivity index (χ1n) is 9.10. The fourth-order valence-corrected chi connectivity index (χ4v) is 3.95. The average Bonchev–Trinajstić information content (AvgIpc) is 3.20. The van der Waals surface area contributed by atoms with E-state index >= 15 is 0 Å². The molecule has 1 aromatic carbocycles. The number of hydrogen-bond acceptors (Lipinski definition) is 5. The molecule has 1 aromatic heterocycles. The number of methoxy groups -OCH3 is 2. The molecule has 0 bridgehead atoms. The van der Waals surface area contributed by atoms with Crippen LogP contribution in [0.4, 0.5) is 0 Å². The molecule has 3 atom stereocenters. The Morgan fingerprint density at radius 2 is 2.08 bits per heavy atom. The van der Waals surface area contributed by atoms with Gasteiger partial charge in [-0.2, -0.15) is 0 Å². The van der Waals surface area contributed by atoms with E-state index in [1.54, 1.807) is 14.2 Å².